The monoisotopic (exact) mass is 340 g/mol. The fourth-order valence-corrected chi connectivity index (χ4v) is 2.43. The third-order valence-corrected chi connectivity index (χ3v) is 3.56. The zero-order valence-electron chi connectivity index (χ0n) is 13.7. The molecule has 1 heterocycles. The molecule has 3 rings (SSSR count). The Morgan fingerprint density at radius 1 is 1.20 bits per heavy atom. The number of rotatable bonds is 6. The Balaban J connectivity index is 2.00. The third-order valence-electron chi connectivity index (χ3n) is 3.56. The van der Waals surface area contributed by atoms with Crippen molar-refractivity contribution in [3.8, 4) is 34.3 Å². The largest absolute Gasteiger partial charge is 0.493 e. The number of H-pyrrole nitrogens is 1. The predicted molar refractivity (Wildman–Crippen MR) is 91.6 cm³/mol. The first-order chi connectivity index (χ1) is 12.1. The van der Waals surface area contributed by atoms with Gasteiger partial charge in [0, 0.05) is 11.6 Å². The summed E-state index contributed by atoms with van der Waals surface area (Å²) in [7, 11) is 1.57. The van der Waals surface area contributed by atoms with Gasteiger partial charge in [0.1, 0.15) is 0 Å². The molecule has 0 aliphatic heterocycles. The van der Waals surface area contributed by atoms with Crippen LogP contribution in [0.5, 0.6) is 11.5 Å². The fourth-order valence-electron chi connectivity index (χ4n) is 2.43. The lowest BCUT2D eigenvalue weighted by Crippen LogP contribution is -1.96. The molecule has 0 bridgehead atoms. The highest BCUT2D eigenvalue weighted by Gasteiger charge is 2.18. The maximum atomic E-state index is 11.2. The van der Waals surface area contributed by atoms with Crippen molar-refractivity contribution in [3.63, 3.8) is 0 Å². The van der Waals surface area contributed by atoms with Gasteiger partial charge in [0.15, 0.2) is 23.1 Å². The van der Waals surface area contributed by atoms with Gasteiger partial charge in [-0.1, -0.05) is 12.1 Å². The normalized spacial score (nSPS) is 10.5. The number of aromatic nitrogens is 3. The van der Waals surface area contributed by atoms with Gasteiger partial charge in [-0.05, 0) is 31.2 Å². The lowest BCUT2D eigenvalue weighted by molar-refractivity contribution is -0.384. The quantitative estimate of drug-likeness (QED) is 0.544. The van der Waals surface area contributed by atoms with Crippen LogP contribution in [0.2, 0.25) is 0 Å². The molecule has 0 radical (unpaired) electrons. The van der Waals surface area contributed by atoms with Crippen LogP contribution in [0.4, 0.5) is 5.69 Å². The van der Waals surface area contributed by atoms with Crippen LogP contribution in [0.3, 0.4) is 0 Å². The number of nitro groups is 1. The first-order valence-electron chi connectivity index (χ1n) is 7.61. The maximum Gasteiger partial charge on any atom is 0.280 e. The van der Waals surface area contributed by atoms with E-state index in [9.17, 15) is 10.1 Å². The van der Waals surface area contributed by atoms with Crippen LogP contribution in [0.15, 0.2) is 42.5 Å². The summed E-state index contributed by atoms with van der Waals surface area (Å²) in [5.41, 5.74) is 1.06. The molecule has 2 aromatic carbocycles. The van der Waals surface area contributed by atoms with E-state index in [4.69, 9.17) is 9.47 Å². The summed E-state index contributed by atoms with van der Waals surface area (Å²) < 4.78 is 10.8. The number of para-hydroxylation sites is 1. The number of nitrogens with zero attached hydrogens (tertiary/aromatic N) is 3. The van der Waals surface area contributed by atoms with Gasteiger partial charge in [-0.15, -0.1) is 0 Å². The lowest BCUT2D eigenvalue weighted by atomic mass is 10.1. The molecular weight excluding hydrogens is 324 g/mol. The van der Waals surface area contributed by atoms with Gasteiger partial charge in [-0.2, -0.15) is 5.10 Å². The van der Waals surface area contributed by atoms with E-state index < -0.39 is 4.92 Å². The lowest BCUT2D eigenvalue weighted by Gasteiger charge is -2.09. The van der Waals surface area contributed by atoms with E-state index in [1.165, 1.54) is 6.07 Å². The Labute approximate surface area is 143 Å². The molecule has 0 fully saturated rings. The van der Waals surface area contributed by atoms with Crippen molar-refractivity contribution >= 4 is 5.69 Å². The number of hydrogen-bond acceptors (Lipinski definition) is 6. The summed E-state index contributed by atoms with van der Waals surface area (Å²) in [5.74, 6) is 1.94. The van der Waals surface area contributed by atoms with Gasteiger partial charge in [0.05, 0.1) is 24.2 Å². The van der Waals surface area contributed by atoms with Crippen LogP contribution < -0.4 is 9.47 Å². The van der Waals surface area contributed by atoms with Gasteiger partial charge < -0.3 is 9.47 Å². The number of methoxy groups -OCH3 is 1. The minimum atomic E-state index is -0.446. The summed E-state index contributed by atoms with van der Waals surface area (Å²) in [4.78, 5) is 15.1. The van der Waals surface area contributed by atoms with Gasteiger partial charge >= 0.3 is 0 Å². The van der Waals surface area contributed by atoms with E-state index in [1.807, 2.05) is 6.92 Å². The zero-order chi connectivity index (χ0) is 17.8. The maximum absolute atomic E-state index is 11.2. The van der Waals surface area contributed by atoms with Gasteiger partial charge in [-0.25, -0.2) is 4.98 Å². The average molecular weight is 340 g/mol. The molecule has 0 atom stereocenters. The number of aromatic amines is 1. The van der Waals surface area contributed by atoms with E-state index in [0.29, 0.717) is 40.9 Å². The second-order valence-electron chi connectivity index (χ2n) is 5.08. The van der Waals surface area contributed by atoms with Crippen molar-refractivity contribution in [3.05, 3.63) is 52.6 Å². The van der Waals surface area contributed by atoms with Gasteiger partial charge in [-0.3, -0.25) is 15.2 Å². The third kappa shape index (κ3) is 3.27. The predicted octanol–water partition coefficient (Wildman–Crippen LogP) is 3.45. The summed E-state index contributed by atoms with van der Waals surface area (Å²) in [6, 6.07) is 11.7. The molecule has 1 aromatic heterocycles. The second kappa shape index (κ2) is 7.00. The fraction of sp³-hybridized carbons (Fsp3) is 0.176. The van der Waals surface area contributed by atoms with Crippen molar-refractivity contribution in [2.24, 2.45) is 0 Å². The van der Waals surface area contributed by atoms with Gasteiger partial charge in [0.25, 0.3) is 5.69 Å². The number of ether oxygens (including phenoxy) is 2. The summed E-state index contributed by atoms with van der Waals surface area (Å²) in [6.45, 7) is 2.38. The molecule has 1 N–H and O–H groups in total. The molecule has 0 saturated carbocycles. The minimum Gasteiger partial charge on any atom is -0.493 e. The van der Waals surface area contributed by atoms with E-state index >= 15 is 0 Å². The van der Waals surface area contributed by atoms with Crippen molar-refractivity contribution in [1.29, 1.82) is 0 Å². The van der Waals surface area contributed by atoms with E-state index in [-0.39, 0.29) is 5.69 Å². The van der Waals surface area contributed by atoms with E-state index in [2.05, 4.69) is 15.2 Å². The molecular formula is C17H16N4O4. The Bertz CT molecular complexity index is 907. The summed E-state index contributed by atoms with van der Waals surface area (Å²) in [5, 5.41) is 18.1. The second-order valence-corrected chi connectivity index (χ2v) is 5.08. The van der Waals surface area contributed by atoms with Gasteiger partial charge in [0.2, 0.25) is 0 Å². The number of nitro benzene ring substituents is 1. The Morgan fingerprint density at radius 2 is 2.00 bits per heavy atom. The zero-order valence-corrected chi connectivity index (χ0v) is 13.7. The molecule has 25 heavy (non-hydrogen) atoms. The van der Waals surface area contributed by atoms with Crippen molar-refractivity contribution in [2.45, 2.75) is 6.92 Å². The highest BCUT2D eigenvalue weighted by atomic mass is 16.6. The standard InChI is InChI=1S/C17H16N4O4/c1-3-25-15-10-11(8-9-14(15)24-2)16-18-17(20-19-16)12-6-4-5-7-13(12)21(22)23/h4-10H,3H2,1-2H3,(H,18,19,20). The molecule has 8 nitrogen and oxygen atoms in total. The van der Waals surface area contributed by atoms with Crippen LogP contribution in [0, 0.1) is 10.1 Å². The molecule has 0 amide bonds. The Hall–Kier alpha value is -3.42. The molecule has 0 saturated heterocycles. The summed E-state index contributed by atoms with van der Waals surface area (Å²) in [6.07, 6.45) is 0. The average Bonchev–Trinajstić information content (AvgIpc) is 3.12. The first kappa shape index (κ1) is 16.4. The highest BCUT2D eigenvalue weighted by Crippen LogP contribution is 2.33. The topological polar surface area (TPSA) is 103 Å². The summed E-state index contributed by atoms with van der Waals surface area (Å²) >= 11 is 0. The smallest absolute Gasteiger partial charge is 0.280 e. The number of nitrogens with one attached hydrogen (secondary N) is 1. The molecule has 0 spiro atoms. The molecule has 128 valence electrons. The van der Waals surface area contributed by atoms with Crippen molar-refractivity contribution in [1.82, 2.24) is 15.2 Å². The van der Waals surface area contributed by atoms with Crippen molar-refractivity contribution in [2.75, 3.05) is 13.7 Å². The highest BCUT2D eigenvalue weighted by molar-refractivity contribution is 5.70. The molecule has 8 heteroatoms. The van der Waals surface area contributed by atoms with Crippen LogP contribution in [-0.2, 0) is 0 Å². The molecule has 0 aliphatic rings. The molecule has 0 unspecified atom stereocenters. The Morgan fingerprint density at radius 3 is 2.72 bits per heavy atom. The van der Waals surface area contributed by atoms with Crippen LogP contribution in [0.25, 0.3) is 22.8 Å². The molecule has 0 aliphatic carbocycles. The van der Waals surface area contributed by atoms with Crippen molar-refractivity contribution < 1.29 is 14.4 Å². The molecule has 3 aromatic rings. The van der Waals surface area contributed by atoms with E-state index in [0.717, 1.165) is 0 Å². The van der Waals surface area contributed by atoms with Crippen LogP contribution >= 0.6 is 0 Å². The minimum absolute atomic E-state index is 0.0325. The first-order valence-corrected chi connectivity index (χ1v) is 7.61. The van der Waals surface area contributed by atoms with Crippen LogP contribution in [0.1, 0.15) is 6.92 Å². The van der Waals surface area contributed by atoms with E-state index in [1.54, 1.807) is 43.5 Å². The Kier molecular flexibility index (Phi) is 4.60. The SMILES string of the molecule is CCOc1cc(-c2n[nH]c(-c3ccccc3[N+](=O)[O-])n2)ccc1OC. The number of benzene rings is 2. The number of hydrogen-bond donors (Lipinski definition) is 1. The van der Waals surface area contributed by atoms with Crippen LogP contribution in [-0.4, -0.2) is 33.8 Å².